The van der Waals surface area contributed by atoms with Gasteiger partial charge < -0.3 is 5.32 Å². The van der Waals surface area contributed by atoms with E-state index in [4.69, 9.17) is 0 Å². The van der Waals surface area contributed by atoms with Crippen molar-refractivity contribution in [3.8, 4) is 0 Å². The lowest BCUT2D eigenvalue weighted by Gasteiger charge is -2.60. The minimum absolute atomic E-state index is 0.0464. The Hall–Kier alpha value is -0.880. The molecule has 0 radical (unpaired) electrons. The van der Waals surface area contributed by atoms with Crippen molar-refractivity contribution < 1.29 is 13.2 Å². The molecular weight excluding hydrogens is 402 g/mol. The number of sulfone groups is 1. The number of benzene rings is 1. The largest absolute Gasteiger partial charge is 0.326 e. The lowest BCUT2D eigenvalue weighted by atomic mass is 9.48. The average molecular weight is 426 g/mol. The zero-order valence-electron chi connectivity index (χ0n) is 14.4. The molecule has 0 spiro atoms. The topological polar surface area (TPSA) is 63.2 Å². The fraction of sp³-hybridized carbons (Fsp3) is 0.632. The highest BCUT2D eigenvalue weighted by atomic mass is 79.9. The second kappa shape index (κ2) is 5.81. The molecule has 5 rings (SSSR count). The Labute approximate surface area is 157 Å². The number of carbonyl (C=O) groups excluding carboxylic acids is 1. The number of alkyl halides is 1. The molecule has 4 aliphatic carbocycles. The molecule has 1 aromatic rings. The molecular formula is C19H24BrNO3S. The molecule has 0 heterocycles. The molecule has 0 unspecified atom stereocenters. The van der Waals surface area contributed by atoms with Gasteiger partial charge in [-0.25, -0.2) is 8.42 Å². The standard InChI is InChI=1S/C19H24BrNO3S/c1-25(23,24)16-4-2-15(3-5-16)21-17(22)11-18-7-13-6-14(8-18)10-19(20,9-13)12-18/h2-5,13-14H,6-12H2,1H3,(H,21,22)/t13-,14-,18?,19?/m1/s1. The molecule has 4 fully saturated rings. The van der Waals surface area contributed by atoms with Gasteiger partial charge in [0.05, 0.1) is 4.90 Å². The van der Waals surface area contributed by atoms with E-state index < -0.39 is 9.84 Å². The summed E-state index contributed by atoms with van der Waals surface area (Å²) < 4.78 is 23.3. The van der Waals surface area contributed by atoms with Crippen molar-refractivity contribution in [1.82, 2.24) is 0 Å². The average Bonchev–Trinajstić information content (AvgIpc) is 2.43. The normalized spacial score (nSPS) is 36.4. The fourth-order valence-corrected chi connectivity index (χ4v) is 8.01. The smallest absolute Gasteiger partial charge is 0.224 e. The Morgan fingerprint density at radius 2 is 1.76 bits per heavy atom. The summed E-state index contributed by atoms with van der Waals surface area (Å²) in [7, 11) is -3.21. The number of nitrogens with one attached hydrogen (secondary N) is 1. The highest BCUT2D eigenvalue weighted by Gasteiger charge is 2.57. The Bertz CT molecular complexity index is 788. The maximum atomic E-state index is 12.6. The van der Waals surface area contributed by atoms with Gasteiger partial charge in [0.1, 0.15) is 0 Å². The number of hydrogen-bond donors (Lipinski definition) is 1. The van der Waals surface area contributed by atoms with Crippen LogP contribution in [0.1, 0.15) is 44.9 Å². The van der Waals surface area contributed by atoms with Gasteiger partial charge in [-0.1, -0.05) is 15.9 Å². The van der Waals surface area contributed by atoms with E-state index in [0.29, 0.717) is 12.1 Å². The van der Waals surface area contributed by atoms with E-state index in [2.05, 4.69) is 21.2 Å². The van der Waals surface area contributed by atoms with Crippen LogP contribution in [0.4, 0.5) is 5.69 Å². The van der Waals surface area contributed by atoms with Gasteiger partial charge in [0.2, 0.25) is 5.91 Å². The molecule has 0 aromatic heterocycles. The van der Waals surface area contributed by atoms with Crippen LogP contribution in [0.3, 0.4) is 0 Å². The van der Waals surface area contributed by atoms with E-state index in [1.807, 2.05) is 0 Å². The lowest BCUT2D eigenvalue weighted by molar-refractivity contribution is -0.123. The zero-order valence-corrected chi connectivity index (χ0v) is 16.8. The first-order chi connectivity index (χ1) is 11.6. The van der Waals surface area contributed by atoms with Crippen LogP contribution in [-0.4, -0.2) is 24.9 Å². The number of rotatable bonds is 4. The van der Waals surface area contributed by atoms with Crippen LogP contribution in [0.5, 0.6) is 0 Å². The first-order valence-electron chi connectivity index (χ1n) is 8.94. The summed E-state index contributed by atoms with van der Waals surface area (Å²) >= 11 is 3.99. The van der Waals surface area contributed by atoms with E-state index in [1.54, 1.807) is 24.3 Å². The van der Waals surface area contributed by atoms with Crippen LogP contribution in [0.25, 0.3) is 0 Å². The third-order valence-corrected chi connectivity index (χ3v) is 8.27. The molecule has 4 nitrogen and oxygen atoms in total. The van der Waals surface area contributed by atoms with E-state index in [9.17, 15) is 13.2 Å². The van der Waals surface area contributed by atoms with Gasteiger partial charge >= 0.3 is 0 Å². The van der Waals surface area contributed by atoms with E-state index in [0.717, 1.165) is 18.3 Å². The predicted octanol–water partition coefficient (Wildman–Crippen LogP) is 4.15. The predicted molar refractivity (Wildman–Crippen MR) is 102 cm³/mol. The van der Waals surface area contributed by atoms with Crippen LogP contribution < -0.4 is 5.32 Å². The second-order valence-corrected chi connectivity index (χ2v) is 12.3. The van der Waals surface area contributed by atoms with Gasteiger partial charge in [0.25, 0.3) is 0 Å². The molecule has 6 heteroatoms. The summed E-state index contributed by atoms with van der Waals surface area (Å²) in [5.41, 5.74) is 0.806. The molecule has 1 N–H and O–H groups in total. The first-order valence-corrected chi connectivity index (χ1v) is 11.6. The first kappa shape index (κ1) is 17.5. The minimum atomic E-state index is -3.21. The van der Waals surface area contributed by atoms with Crippen molar-refractivity contribution in [2.45, 2.75) is 54.2 Å². The van der Waals surface area contributed by atoms with Crippen LogP contribution in [0, 0.1) is 17.3 Å². The molecule has 0 aliphatic heterocycles. The highest BCUT2D eigenvalue weighted by Crippen LogP contribution is 2.65. The summed E-state index contributed by atoms with van der Waals surface area (Å²) in [5.74, 6) is 1.58. The number of carbonyl (C=O) groups is 1. The molecule has 1 amide bonds. The summed E-state index contributed by atoms with van der Waals surface area (Å²) in [6, 6.07) is 6.42. The van der Waals surface area contributed by atoms with E-state index in [1.165, 1.54) is 38.4 Å². The van der Waals surface area contributed by atoms with Gasteiger partial charge in [0, 0.05) is 22.7 Å². The molecule has 25 heavy (non-hydrogen) atoms. The Balaban J connectivity index is 1.44. The lowest BCUT2D eigenvalue weighted by Crippen LogP contribution is -2.53. The van der Waals surface area contributed by atoms with Crippen LogP contribution in [-0.2, 0) is 14.6 Å². The molecule has 1 aromatic carbocycles. The minimum Gasteiger partial charge on any atom is -0.326 e. The van der Waals surface area contributed by atoms with Crippen molar-refractivity contribution in [2.24, 2.45) is 17.3 Å². The molecule has 4 bridgehead atoms. The van der Waals surface area contributed by atoms with Crippen LogP contribution in [0.15, 0.2) is 29.2 Å². The SMILES string of the molecule is CS(=O)(=O)c1ccc(NC(=O)CC23C[C@H]4C[C@@H](CC(Br)(C4)C2)C3)cc1. The van der Waals surface area contributed by atoms with Crippen molar-refractivity contribution in [2.75, 3.05) is 11.6 Å². The van der Waals surface area contributed by atoms with Gasteiger partial charge in [0.15, 0.2) is 9.84 Å². The Kier molecular flexibility index (Phi) is 4.07. The summed E-state index contributed by atoms with van der Waals surface area (Å²) in [5, 5.41) is 2.96. The van der Waals surface area contributed by atoms with Crippen molar-refractivity contribution in [1.29, 1.82) is 0 Å². The summed E-state index contributed by atoms with van der Waals surface area (Å²) in [4.78, 5) is 12.9. The number of hydrogen-bond acceptors (Lipinski definition) is 3. The third kappa shape index (κ3) is 3.52. The van der Waals surface area contributed by atoms with Crippen molar-refractivity contribution >= 4 is 37.4 Å². The number of halogens is 1. The molecule has 0 saturated heterocycles. The van der Waals surface area contributed by atoms with E-state index in [-0.39, 0.29) is 20.5 Å². The molecule has 2 atom stereocenters. The molecule has 4 saturated carbocycles. The fourth-order valence-electron chi connectivity index (χ4n) is 5.87. The quantitative estimate of drug-likeness (QED) is 0.736. The third-order valence-electron chi connectivity index (χ3n) is 6.21. The van der Waals surface area contributed by atoms with Gasteiger partial charge in [-0.2, -0.15) is 0 Å². The summed E-state index contributed by atoms with van der Waals surface area (Å²) in [6.07, 6.45) is 9.08. The van der Waals surface area contributed by atoms with Gasteiger partial charge in [-0.15, -0.1) is 0 Å². The monoisotopic (exact) mass is 425 g/mol. The molecule has 4 aliphatic rings. The van der Waals surface area contributed by atoms with Crippen LogP contribution in [0.2, 0.25) is 0 Å². The summed E-state index contributed by atoms with van der Waals surface area (Å²) in [6.45, 7) is 0. The van der Waals surface area contributed by atoms with Crippen LogP contribution >= 0.6 is 15.9 Å². The zero-order chi connectivity index (χ0) is 17.9. The number of anilines is 1. The maximum Gasteiger partial charge on any atom is 0.224 e. The van der Waals surface area contributed by atoms with Gasteiger partial charge in [-0.3, -0.25) is 4.79 Å². The highest BCUT2D eigenvalue weighted by molar-refractivity contribution is 9.10. The maximum absolute atomic E-state index is 12.6. The van der Waals surface area contributed by atoms with E-state index >= 15 is 0 Å². The van der Waals surface area contributed by atoms with Crippen molar-refractivity contribution in [3.63, 3.8) is 0 Å². The Morgan fingerprint density at radius 3 is 2.28 bits per heavy atom. The number of amides is 1. The van der Waals surface area contributed by atoms with Crippen molar-refractivity contribution in [3.05, 3.63) is 24.3 Å². The Morgan fingerprint density at radius 1 is 1.16 bits per heavy atom. The second-order valence-electron chi connectivity index (χ2n) is 8.63. The molecule has 136 valence electrons. The van der Waals surface area contributed by atoms with Gasteiger partial charge in [-0.05, 0) is 80.0 Å².